The van der Waals surface area contributed by atoms with Crippen molar-refractivity contribution < 1.29 is 0 Å². The van der Waals surface area contributed by atoms with Crippen LogP contribution in [-0.2, 0) is 6.42 Å². The molecule has 0 heteroatoms. The summed E-state index contributed by atoms with van der Waals surface area (Å²) >= 11 is 0. The van der Waals surface area contributed by atoms with Crippen LogP contribution in [0.2, 0.25) is 0 Å². The summed E-state index contributed by atoms with van der Waals surface area (Å²) in [6, 6.07) is 6.40. The Bertz CT molecular complexity index is 308. The molecular formula is C13H16. The van der Waals surface area contributed by atoms with Crippen LogP contribution in [0, 0.1) is 0 Å². The van der Waals surface area contributed by atoms with Crippen LogP contribution < -0.4 is 0 Å². The molecule has 0 bridgehead atoms. The van der Waals surface area contributed by atoms with Gasteiger partial charge in [-0.3, -0.25) is 0 Å². The maximum Gasteiger partial charge on any atom is -0.0224 e. The van der Waals surface area contributed by atoms with Crippen LogP contribution in [0.15, 0.2) is 31.4 Å². The Balaban J connectivity index is 3.07. The molecule has 0 N–H and O–H groups in total. The first-order chi connectivity index (χ1) is 6.31. The third-order valence-corrected chi connectivity index (χ3v) is 2.14. The number of aryl methyl sites for hydroxylation is 1. The summed E-state index contributed by atoms with van der Waals surface area (Å²) in [6.07, 6.45) is 6.08. The van der Waals surface area contributed by atoms with Gasteiger partial charge in [0.2, 0.25) is 0 Å². The first-order valence-electron chi connectivity index (χ1n) is 4.69. The van der Waals surface area contributed by atoms with Crippen molar-refractivity contribution in [2.24, 2.45) is 0 Å². The minimum Gasteiger partial charge on any atom is -0.0985 e. The van der Waals surface area contributed by atoms with Crippen molar-refractivity contribution >= 4 is 12.2 Å². The van der Waals surface area contributed by atoms with Gasteiger partial charge in [-0.05, 0) is 29.2 Å². The Morgan fingerprint density at radius 2 is 2.00 bits per heavy atom. The van der Waals surface area contributed by atoms with E-state index in [0.29, 0.717) is 0 Å². The number of benzene rings is 1. The van der Waals surface area contributed by atoms with Crippen molar-refractivity contribution in [2.75, 3.05) is 0 Å². The molecule has 0 aliphatic rings. The summed E-state index contributed by atoms with van der Waals surface area (Å²) in [5.41, 5.74) is 3.78. The molecule has 0 amide bonds. The van der Waals surface area contributed by atoms with Crippen molar-refractivity contribution in [3.8, 4) is 0 Å². The van der Waals surface area contributed by atoms with Gasteiger partial charge in [-0.2, -0.15) is 0 Å². The molecule has 0 spiro atoms. The van der Waals surface area contributed by atoms with Gasteiger partial charge in [-0.15, -0.1) is 0 Å². The van der Waals surface area contributed by atoms with Gasteiger partial charge in [0.15, 0.2) is 0 Å². The molecule has 0 aliphatic heterocycles. The molecule has 0 aromatic heterocycles. The molecule has 0 fully saturated rings. The molecule has 1 aromatic carbocycles. The molecule has 0 unspecified atom stereocenters. The Morgan fingerprint density at radius 1 is 1.23 bits per heavy atom. The SMILES string of the molecule is C=Cc1ccc(CCC)c(C=C)c1. The molecule has 0 heterocycles. The van der Waals surface area contributed by atoms with Crippen molar-refractivity contribution in [1.29, 1.82) is 0 Å². The summed E-state index contributed by atoms with van der Waals surface area (Å²) in [7, 11) is 0. The smallest absolute Gasteiger partial charge is 0.0224 e. The molecule has 68 valence electrons. The Labute approximate surface area is 80.6 Å². The predicted molar refractivity (Wildman–Crippen MR) is 60.6 cm³/mol. The van der Waals surface area contributed by atoms with E-state index in [9.17, 15) is 0 Å². The topological polar surface area (TPSA) is 0 Å². The van der Waals surface area contributed by atoms with Gasteiger partial charge in [-0.1, -0.05) is 50.8 Å². The molecular weight excluding hydrogens is 156 g/mol. The van der Waals surface area contributed by atoms with Crippen LogP contribution in [0.25, 0.3) is 12.2 Å². The van der Waals surface area contributed by atoms with Gasteiger partial charge >= 0.3 is 0 Å². The van der Waals surface area contributed by atoms with E-state index in [-0.39, 0.29) is 0 Å². The van der Waals surface area contributed by atoms with Crippen LogP contribution in [0.4, 0.5) is 0 Å². The van der Waals surface area contributed by atoms with E-state index >= 15 is 0 Å². The Kier molecular flexibility index (Phi) is 3.51. The van der Waals surface area contributed by atoms with Crippen LogP contribution in [0.3, 0.4) is 0 Å². The van der Waals surface area contributed by atoms with E-state index in [1.165, 1.54) is 17.5 Å². The van der Waals surface area contributed by atoms with Crippen LogP contribution >= 0.6 is 0 Å². The molecule has 1 aromatic rings. The molecule has 1 rings (SSSR count). The number of rotatable bonds is 4. The third kappa shape index (κ3) is 2.32. The Morgan fingerprint density at radius 3 is 2.54 bits per heavy atom. The predicted octanol–water partition coefficient (Wildman–Crippen LogP) is 3.93. The average Bonchev–Trinajstić information content (AvgIpc) is 2.19. The van der Waals surface area contributed by atoms with Crippen molar-refractivity contribution in [2.45, 2.75) is 19.8 Å². The lowest BCUT2D eigenvalue weighted by Gasteiger charge is -2.05. The standard InChI is InChI=1S/C13H16/c1-4-7-13-9-8-11(5-2)10-12(13)6-3/h5-6,8-10H,2-4,7H2,1H3. The summed E-state index contributed by atoms with van der Waals surface area (Å²) in [5.74, 6) is 0. The molecule has 0 radical (unpaired) electrons. The second-order valence-electron chi connectivity index (χ2n) is 3.12. The van der Waals surface area contributed by atoms with Crippen molar-refractivity contribution in [3.63, 3.8) is 0 Å². The van der Waals surface area contributed by atoms with E-state index in [2.05, 4.69) is 38.3 Å². The highest BCUT2D eigenvalue weighted by atomic mass is 14.0. The largest absolute Gasteiger partial charge is 0.0985 e. The molecule has 0 saturated carbocycles. The van der Waals surface area contributed by atoms with E-state index in [1.807, 2.05) is 12.2 Å². The normalized spacial score (nSPS) is 9.62. The maximum atomic E-state index is 3.81. The zero-order chi connectivity index (χ0) is 9.68. The highest BCUT2D eigenvalue weighted by Crippen LogP contribution is 2.15. The average molecular weight is 172 g/mol. The Hall–Kier alpha value is -1.30. The molecule has 0 atom stereocenters. The lowest BCUT2D eigenvalue weighted by molar-refractivity contribution is 0.919. The zero-order valence-corrected chi connectivity index (χ0v) is 8.22. The van der Waals surface area contributed by atoms with Crippen molar-refractivity contribution in [1.82, 2.24) is 0 Å². The summed E-state index contributed by atoms with van der Waals surface area (Å²) in [5, 5.41) is 0. The minimum absolute atomic E-state index is 1.12. The van der Waals surface area contributed by atoms with Gasteiger partial charge in [-0.25, -0.2) is 0 Å². The third-order valence-electron chi connectivity index (χ3n) is 2.14. The van der Waals surface area contributed by atoms with Gasteiger partial charge in [0, 0.05) is 0 Å². The van der Waals surface area contributed by atoms with Crippen LogP contribution in [0.1, 0.15) is 30.0 Å². The molecule has 13 heavy (non-hydrogen) atoms. The first kappa shape index (κ1) is 9.79. The molecule has 0 nitrogen and oxygen atoms in total. The van der Waals surface area contributed by atoms with Gasteiger partial charge < -0.3 is 0 Å². The van der Waals surface area contributed by atoms with Gasteiger partial charge in [0.1, 0.15) is 0 Å². The fraction of sp³-hybridized carbons (Fsp3) is 0.231. The van der Waals surface area contributed by atoms with Gasteiger partial charge in [0.25, 0.3) is 0 Å². The maximum absolute atomic E-state index is 3.81. The summed E-state index contributed by atoms with van der Waals surface area (Å²) in [6.45, 7) is 9.75. The van der Waals surface area contributed by atoms with Gasteiger partial charge in [0.05, 0.1) is 0 Å². The quantitative estimate of drug-likeness (QED) is 0.645. The highest BCUT2D eigenvalue weighted by molar-refractivity contribution is 5.59. The molecule has 0 saturated heterocycles. The number of hydrogen-bond acceptors (Lipinski definition) is 0. The van der Waals surface area contributed by atoms with E-state index < -0.39 is 0 Å². The van der Waals surface area contributed by atoms with E-state index in [1.54, 1.807) is 0 Å². The van der Waals surface area contributed by atoms with Crippen LogP contribution in [-0.4, -0.2) is 0 Å². The fourth-order valence-corrected chi connectivity index (χ4v) is 1.43. The molecule has 0 aliphatic carbocycles. The lowest BCUT2D eigenvalue weighted by atomic mass is 10.0. The second-order valence-corrected chi connectivity index (χ2v) is 3.12. The monoisotopic (exact) mass is 172 g/mol. The lowest BCUT2D eigenvalue weighted by Crippen LogP contribution is -1.88. The number of hydrogen-bond donors (Lipinski definition) is 0. The van der Waals surface area contributed by atoms with Crippen molar-refractivity contribution in [3.05, 3.63) is 48.0 Å². The first-order valence-corrected chi connectivity index (χ1v) is 4.69. The minimum atomic E-state index is 1.12. The second kappa shape index (κ2) is 4.66. The summed E-state index contributed by atoms with van der Waals surface area (Å²) < 4.78 is 0. The highest BCUT2D eigenvalue weighted by Gasteiger charge is 1.98. The zero-order valence-electron chi connectivity index (χ0n) is 8.22. The van der Waals surface area contributed by atoms with E-state index in [4.69, 9.17) is 0 Å². The van der Waals surface area contributed by atoms with E-state index in [0.717, 1.165) is 12.0 Å². The fourth-order valence-electron chi connectivity index (χ4n) is 1.43. The summed E-state index contributed by atoms with van der Waals surface area (Å²) in [4.78, 5) is 0. The van der Waals surface area contributed by atoms with Crippen LogP contribution in [0.5, 0.6) is 0 Å².